The molecule has 0 aliphatic rings. The molecule has 18 heavy (non-hydrogen) atoms. The molecular formula is C16H21NO. The quantitative estimate of drug-likeness (QED) is 0.845. The summed E-state index contributed by atoms with van der Waals surface area (Å²) in [4.78, 5) is 0. The van der Waals surface area contributed by atoms with Crippen molar-refractivity contribution >= 4 is 10.8 Å². The normalized spacial score (nSPS) is 14.6. The minimum atomic E-state index is -0.246. The maximum Gasteiger partial charge on any atom is 0.0526 e. The predicted octanol–water partition coefficient (Wildman–Crippen LogP) is 3.09. The van der Waals surface area contributed by atoms with E-state index in [1.165, 1.54) is 16.3 Å². The van der Waals surface area contributed by atoms with Crippen LogP contribution in [0.4, 0.5) is 0 Å². The van der Waals surface area contributed by atoms with Crippen molar-refractivity contribution in [3.63, 3.8) is 0 Å². The second kappa shape index (κ2) is 5.98. The molecule has 96 valence electrons. The van der Waals surface area contributed by atoms with Crippen molar-refractivity contribution in [2.75, 3.05) is 0 Å². The van der Waals surface area contributed by atoms with Crippen molar-refractivity contribution in [1.29, 1.82) is 0 Å². The van der Waals surface area contributed by atoms with Gasteiger partial charge >= 0.3 is 0 Å². The van der Waals surface area contributed by atoms with Gasteiger partial charge in [0.25, 0.3) is 0 Å². The third-order valence-electron chi connectivity index (χ3n) is 3.16. The van der Waals surface area contributed by atoms with Gasteiger partial charge in [-0.2, -0.15) is 0 Å². The molecule has 2 unspecified atom stereocenters. The van der Waals surface area contributed by atoms with Gasteiger partial charge in [0.15, 0.2) is 0 Å². The fourth-order valence-corrected chi connectivity index (χ4v) is 2.24. The second-order valence-electron chi connectivity index (χ2n) is 5.05. The summed E-state index contributed by atoms with van der Waals surface area (Å²) in [5, 5.41) is 15.3. The summed E-state index contributed by atoms with van der Waals surface area (Å²) < 4.78 is 0. The van der Waals surface area contributed by atoms with Gasteiger partial charge in [-0.05, 0) is 42.7 Å². The van der Waals surface area contributed by atoms with Crippen LogP contribution >= 0.6 is 0 Å². The summed E-state index contributed by atoms with van der Waals surface area (Å²) in [7, 11) is 0. The molecular weight excluding hydrogens is 222 g/mol. The predicted molar refractivity (Wildman–Crippen MR) is 76.5 cm³/mol. The molecule has 0 heterocycles. The lowest BCUT2D eigenvalue weighted by atomic mass is 10.1. The highest BCUT2D eigenvalue weighted by Gasteiger charge is 2.05. The van der Waals surface area contributed by atoms with Gasteiger partial charge in [-0.25, -0.2) is 0 Å². The Morgan fingerprint density at radius 1 is 1.06 bits per heavy atom. The van der Waals surface area contributed by atoms with E-state index in [1.807, 2.05) is 6.92 Å². The molecule has 0 amide bonds. The highest BCUT2D eigenvalue weighted by Crippen LogP contribution is 2.15. The molecule has 0 saturated carbocycles. The topological polar surface area (TPSA) is 32.3 Å². The molecule has 2 aromatic rings. The Bertz CT molecular complexity index is 507. The van der Waals surface area contributed by atoms with Crippen LogP contribution in [-0.4, -0.2) is 17.3 Å². The zero-order valence-electron chi connectivity index (χ0n) is 11.1. The summed E-state index contributed by atoms with van der Waals surface area (Å²) in [6, 6.07) is 15.3. The molecule has 0 fully saturated rings. The second-order valence-corrected chi connectivity index (χ2v) is 5.05. The van der Waals surface area contributed by atoms with E-state index in [0.717, 1.165) is 13.0 Å². The van der Waals surface area contributed by atoms with Crippen molar-refractivity contribution in [1.82, 2.24) is 5.32 Å². The summed E-state index contributed by atoms with van der Waals surface area (Å²) in [6.07, 6.45) is 0.539. The highest BCUT2D eigenvalue weighted by molar-refractivity contribution is 5.82. The van der Waals surface area contributed by atoms with Crippen molar-refractivity contribution in [2.45, 2.75) is 39.0 Å². The van der Waals surface area contributed by atoms with Gasteiger partial charge < -0.3 is 10.4 Å². The number of aliphatic hydroxyl groups excluding tert-OH is 1. The van der Waals surface area contributed by atoms with Crippen molar-refractivity contribution in [3.05, 3.63) is 48.0 Å². The molecule has 2 rings (SSSR count). The first kappa shape index (κ1) is 13.1. The number of hydrogen-bond acceptors (Lipinski definition) is 2. The first-order valence-corrected chi connectivity index (χ1v) is 6.54. The lowest BCUT2D eigenvalue weighted by molar-refractivity contribution is 0.170. The van der Waals surface area contributed by atoms with E-state index in [2.05, 4.69) is 54.7 Å². The maximum atomic E-state index is 9.32. The molecule has 0 aliphatic carbocycles. The van der Waals surface area contributed by atoms with Gasteiger partial charge in [-0.3, -0.25) is 0 Å². The van der Waals surface area contributed by atoms with Crippen LogP contribution in [0, 0.1) is 0 Å². The smallest absolute Gasteiger partial charge is 0.0526 e. The monoisotopic (exact) mass is 243 g/mol. The highest BCUT2D eigenvalue weighted by atomic mass is 16.3. The molecule has 0 aromatic heterocycles. The Hall–Kier alpha value is -1.38. The number of rotatable bonds is 5. The summed E-state index contributed by atoms with van der Waals surface area (Å²) >= 11 is 0. The Balaban J connectivity index is 1.99. The molecule has 0 saturated heterocycles. The van der Waals surface area contributed by atoms with Crippen molar-refractivity contribution in [3.8, 4) is 0 Å². The number of fused-ring (bicyclic) bond motifs is 1. The molecule has 2 atom stereocenters. The van der Waals surface area contributed by atoms with Gasteiger partial charge in [-0.15, -0.1) is 0 Å². The molecule has 2 aromatic carbocycles. The number of benzene rings is 2. The van der Waals surface area contributed by atoms with E-state index in [4.69, 9.17) is 0 Å². The van der Waals surface area contributed by atoms with Gasteiger partial charge in [-0.1, -0.05) is 36.4 Å². The van der Waals surface area contributed by atoms with Gasteiger partial charge in [0.2, 0.25) is 0 Å². The van der Waals surface area contributed by atoms with E-state index in [9.17, 15) is 5.11 Å². The Labute approximate surface area is 109 Å². The van der Waals surface area contributed by atoms with Crippen LogP contribution in [0.5, 0.6) is 0 Å². The molecule has 2 heteroatoms. The third kappa shape index (κ3) is 3.56. The molecule has 0 bridgehead atoms. The van der Waals surface area contributed by atoms with E-state index >= 15 is 0 Å². The number of aliphatic hydroxyl groups is 1. The van der Waals surface area contributed by atoms with Gasteiger partial charge in [0.05, 0.1) is 6.10 Å². The zero-order chi connectivity index (χ0) is 13.0. The van der Waals surface area contributed by atoms with Crippen LogP contribution in [-0.2, 0) is 6.54 Å². The summed E-state index contributed by atoms with van der Waals surface area (Å²) in [5.74, 6) is 0. The summed E-state index contributed by atoms with van der Waals surface area (Å²) in [6.45, 7) is 4.78. The van der Waals surface area contributed by atoms with Crippen LogP contribution < -0.4 is 5.32 Å². The lowest BCUT2D eigenvalue weighted by Crippen LogP contribution is -2.28. The first-order chi connectivity index (χ1) is 8.65. The zero-order valence-corrected chi connectivity index (χ0v) is 11.1. The standard InChI is InChI=1S/C16H21NO/c1-12(9-13(2)18)17-11-14-7-8-15-5-3-4-6-16(15)10-14/h3-8,10,12-13,17-18H,9,11H2,1-2H3. The van der Waals surface area contributed by atoms with Crippen LogP contribution in [0.1, 0.15) is 25.8 Å². The fraction of sp³-hybridized carbons (Fsp3) is 0.375. The van der Waals surface area contributed by atoms with Crippen molar-refractivity contribution < 1.29 is 5.11 Å². The molecule has 2 nitrogen and oxygen atoms in total. The Kier molecular flexibility index (Phi) is 4.34. The molecule has 0 radical (unpaired) electrons. The average Bonchev–Trinajstić information content (AvgIpc) is 2.35. The fourth-order valence-electron chi connectivity index (χ4n) is 2.24. The third-order valence-corrected chi connectivity index (χ3v) is 3.16. The van der Waals surface area contributed by atoms with Crippen LogP contribution in [0.2, 0.25) is 0 Å². The van der Waals surface area contributed by atoms with Gasteiger partial charge in [0, 0.05) is 12.6 Å². The minimum absolute atomic E-state index is 0.246. The minimum Gasteiger partial charge on any atom is -0.393 e. The van der Waals surface area contributed by atoms with E-state index < -0.39 is 0 Å². The average molecular weight is 243 g/mol. The molecule has 0 aliphatic heterocycles. The Morgan fingerprint density at radius 2 is 1.78 bits per heavy atom. The van der Waals surface area contributed by atoms with Gasteiger partial charge in [0.1, 0.15) is 0 Å². The van der Waals surface area contributed by atoms with E-state index in [-0.39, 0.29) is 6.10 Å². The molecule has 2 N–H and O–H groups in total. The van der Waals surface area contributed by atoms with E-state index in [0.29, 0.717) is 6.04 Å². The summed E-state index contributed by atoms with van der Waals surface area (Å²) in [5.41, 5.74) is 1.28. The van der Waals surface area contributed by atoms with Crippen molar-refractivity contribution in [2.24, 2.45) is 0 Å². The Morgan fingerprint density at radius 3 is 2.50 bits per heavy atom. The van der Waals surface area contributed by atoms with E-state index in [1.54, 1.807) is 0 Å². The molecule has 0 spiro atoms. The van der Waals surface area contributed by atoms with Crippen LogP contribution in [0.25, 0.3) is 10.8 Å². The largest absolute Gasteiger partial charge is 0.393 e. The number of nitrogens with one attached hydrogen (secondary N) is 1. The van der Waals surface area contributed by atoms with Crippen LogP contribution in [0.15, 0.2) is 42.5 Å². The first-order valence-electron chi connectivity index (χ1n) is 6.54. The number of hydrogen-bond donors (Lipinski definition) is 2. The lowest BCUT2D eigenvalue weighted by Gasteiger charge is -2.15. The SMILES string of the molecule is CC(O)CC(C)NCc1ccc2ccccc2c1. The maximum absolute atomic E-state index is 9.32. The van der Waals surface area contributed by atoms with Crippen LogP contribution in [0.3, 0.4) is 0 Å².